The predicted octanol–water partition coefficient (Wildman–Crippen LogP) is 1.88. The van der Waals surface area contributed by atoms with Crippen molar-refractivity contribution < 1.29 is 9.66 Å². The zero-order valence-corrected chi connectivity index (χ0v) is 9.31. The van der Waals surface area contributed by atoms with Crippen molar-refractivity contribution in [2.24, 2.45) is 5.73 Å². The Morgan fingerprint density at radius 1 is 1.44 bits per heavy atom. The lowest BCUT2D eigenvalue weighted by Crippen LogP contribution is -2.00. The topological polar surface area (TPSA) is 78.4 Å². The molecule has 5 heteroatoms. The van der Waals surface area contributed by atoms with Crippen LogP contribution in [0.4, 0.5) is 5.69 Å². The van der Waals surface area contributed by atoms with E-state index in [2.05, 4.69) is 0 Å². The molecule has 0 saturated carbocycles. The third-order valence-corrected chi connectivity index (χ3v) is 2.36. The number of nitrogens with two attached hydrogens (primary N) is 1. The molecule has 0 fully saturated rings. The van der Waals surface area contributed by atoms with Gasteiger partial charge in [0.05, 0.1) is 12.0 Å². The van der Waals surface area contributed by atoms with Gasteiger partial charge in [-0.1, -0.05) is 6.07 Å². The maximum Gasteiger partial charge on any atom is 0.311 e. The summed E-state index contributed by atoms with van der Waals surface area (Å²) in [5.41, 5.74) is 6.35. The number of rotatable bonds is 6. The van der Waals surface area contributed by atoms with Crippen LogP contribution in [0, 0.1) is 10.1 Å². The highest BCUT2D eigenvalue weighted by Crippen LogP contribution is 2.27. The molecule has 2 N–H and O–H groups in total. The molecule has 0 atom stereocenters. The maximum absolute atomic E-state index is 10.8. The monoisotopic (exact) mass is 224 g/mol. The van der Waals surface area contributed by atoms with Gasteiger partial charge < -0.3 is 10.5 Å². The molecule has 0 aliphatic heterocycles. The number of unbranched alkanes of at least 4 members (excludes halogenated alkanes) is 1. The molecule has 0 saturated heterocycles. The fourth-order valence-electron chi connectivity index (χ4n) is 1.51. The quantitative estimate of drug-likeness (QED) is 0.454. The molecular formula is C11H16N2O3. The van der Waals surface area contributed by atoms with Crippen molar-refractivity contribution in [1.29, 1.82) is 0 Å². The Labute approximate surface area is 94.4 Å². The number of hydrogen-bond donors (Lipinski definition) is 1. The molecule has 5 nitrogen and oxygen atoms in total. The third-order valence-electron chi connectivity index (χ3n) is 2.36. The number of aryl methyl sites for hydroxylation is 1. The number of benzene rings is 1. The highest BCUT2D eigenvalue weighted by Gasteiger charge is 2.14. The number of ether oxygens (including phenoxy) is 1. The van der Waals surface area contributed by atoms with Gasteiger partial charge in [-0.15, -0.1) is 0 Å². The zero-order chi connectivity index (χ0) is 12.0. The van der Waals surface area contributed by atoms with Crippen LogP contribution >= 0.6 is 0 Å². The highest BCUT2D eigenvalue weighted by atomic mass is 16.6. The van der Waals surface area contributed by atoms with E-state index < -0.39 is 4.92 Å². The fourth-order valence-corrected chi connectivity index (χ4v) is 1.51. The average Bonchev–Trinajstić information content (AvgIpc) is 2.29. The van der Waals surface area contributed by atoms with Gasteiger partial charge in [0.2, 0.25) is 0 Å². The van der Waals surface area contributed by atoms with Crippen LogP contribution in [0.15, 0.2) is 18.2 Å². The summed E-state index contributed by atoms with van der Waals surface area (Å²) in [6, 6.07) is 5.05. The van der Waals surface area contributed by atoms with Crippen molar-refractivity contribution in [3.05, 3.63) is 33.9 Å². The van der Waals surface area contributed by atoms with Crippen LogP contribution in [0.1, 0.15) is 18.4 Å². The molecule has 1 aromatic carbocycles. The predicted molar refractivity (Wildman–Crippen MR) is 61.6 cm³/mol. The molecule has 0 amide bonds. The van der Waals surface area contributed by atoms with Crippen molar-refractivity contribution in [1.82, 2.24) is 0 Å². The van der Waals surface area contributed by atoms with Crippen LogP contribution in [-0.2, 0) is 6.42 Å². The van der Waals surface area contributed by atoms with Crippen molar-refractivity contribution >= 4 is 5.69 Å². The first-order valence-electron chi connectivity index (χ1n) is 5.20. The van der Waals surface area contributed by atoms with Crippen LogP contribution in [0.3, 0.4) is 0 Å². The molecule has 0 spiro atoms. The van der Waals surface area contributed by atoms with Crippen LogP contribution in [-0.4, -0.2) is 18.6 Å². The summed E-state index contributed by atoms with van der Waals surface area (Å²) < 4.78 is 4.93. The normalized spacial score (nSPS) is 10.1. The molecule has 0 unspecified atom stereocenters. The fraction of sp³-hybridized carbons (Fsp3) is 0.455. The van der Waals surface area contributed by atoms with E-state index in [4.69, 9.17) is 10.5 Å². The second kappa shape index (κ2) is 6.07. The molecule has 0 aliphatic rings. The van der Waals surface area contributed by atoms with E-state index in [1.807, 2.05) is 6.07 Å². The number of nitrogens with zero attached hydrogens (tertiary/aromatic N) is 1. The molecule has 88 valence electrons. The summed E-state index contributed by atoms with van der Waals surface area (Å²) in [6.07, 6.45) is 2.68. The Morgan fingerprint density at radius 2 is 2.19 bits per heavy atom. The minimum Gasteiger partial charge on any atom is -0.490 e. The molecule has 1 rings (SSSR count). The van der Waals surface area contributed by atoms with Crippen molar-refractivity contribution in [2.45, 2.75) is 19.3 Å². The van der Waals surface area contributed by atoms with Crippen LogP contribution in [0.2, 0.25) is 0 Å². The van der Waals surface area contributed by atoms with E-state index in [1.165, 1.54) is 7.11 Å². The van der Waals surface area contributed by atoms with Gasteiger partial charge in [-0.05, 0) is 37.4 Å². The molecule has 16 heavy (non-hydrogen) atoms. The van der Waals surface area contributed by atoms with E-state index in [0.29, 0.717) is 12.3 Å². The van der Waals surface area contributed by atoms with Gasteiger partial charge in [0.15, 0.2) is 5.75 Å². The largest absolute Gasteiger partial charge is 0.490 e. The first-order chi connectivity index (χ1) is 7.69. The Balaban J connectivity index is 2.81. The van der Waals surface area contributed by atoms with Gasteiger partial charge in [0.25, 0.3) is 0 Å². The lowest BCUT2D eigenvalue weighted by molar-refractivity contribution is -0.385. The Bertz CT molecular complexity index is 366. The SMILES string of the molecule is COc1ccc(CCCCN)cc1[N+](=O)[O-]. The third kappa shape index (κ3) is 3.20. The number of nitro groups is 1. The van der Waals surface area contributed by atoms with Crippen LogP contribution < -0.4 is 10.5 Å². The standard InChI is InChI=1S/C11H16N2O3/c1-16-11-6-5-9(4-2-3-7-12)8-10(11)13(14)15/h5-6,8H,2-4,7,12H2,1H3. The number of nitro benzene ring substituents is 1. The smallest absolute Gasteiger partial charge is 0.311 e. The number of hydrogen-bond acceptors (Lipinski definition) is 4. The lowest BCUT2D eigenvalue weighted by Gasteiger charge is -2.04. The zero-order valence-electron chi connectivity index (χ0n) is 9.31. The van der Waals surface area contributed by atoms with E-state index >= 15 is 0 Å². The highest BCUT2D eigenvalue weighted by molar-refractivity contribution is 5.48. The van der Waals surface area contributed by atoms with Gasteiger partial charge >= 0.3 is 5.69 Å². The first kappa shape index (κ1) is 12.4. The van der Waals surface area contributed by atoms with Gasteiger partial charge in [-0.3, -0.25) is 10.1 Å². The summed E-state index contributed by atoms with van der Waals surface area (Å²) in [6.45, 7) is 0.651. The number of methoxy groups -OCH3 is 1. The summed E-state index contributed by atoms with van der Waals surface area (Å²) >= 11 is 0. The summed E-state index contributed by atoms with van der Waals surface area (Å²) in [5.74, 6) is 0.299. The van der Waals surface area contributed by atoms with Crippen molar-refractivity contribution in [3.8, 4) is 5.75 Å². The second-order valence-electron chi connectivity index (χ2n) is 3.51. The second-order valence-corrected chi connectivity index (χ2v) is 3.51. The molecular weight excluding hydrogens is 208 g/mol. The van der Waals surface area contributed by atoms with Crippen LogP contribution in [0.25, 0.3) is 0 Å². The molecule has 0 aromatic heterocycles. The van der Waals surface area contributed by atoms with Gasteiger partial charge in [-0.2, -0.15) is 0 Å². The summed E-state index contributed by atoms with van der Waals surface area (Å²) in [7, 11) is 1.43. The van der Waals surface area contributed by atoms with Crippen LogP contribution in [0.5, 0.6) is 5.75 Å². The van der Waals surface area contributed by atoms with Crippen molar-refractivity contribution in [2.75, 3.05) is 13.7 Å². The molecule has 1 aromatic rings. The van der Waals surface area contributed by atoms with Gasteiger partial charge in [0.1, 0.15) is 0 Å². The Hall–Kier alpha value is -1.62. The Morgan fingerprint density at radius 3 is 2.75 bits per heavy atom. The van der Waals surface area contributed by atoms with E-state index in [0.717, 1.165) is 24.8 Å². The summed E-state index contributed by atoms with van der Waals surface area (Å²) in [4.78, 5) is 10.3. The average molecular weight is 224 g/mol. The Kier molecular flexibility index (Phi) is 4.72. The first-order valence-corrected chi connectivity index (χ1v) is 5.20. The van der Waals surface area contributed by atoms with E-state index in [9.17, 15) is 10.1 Å². The molecule has 0 heterocycles. The van der Waals surface area contributed by atoms with Crippen molar-refractivity contribution in [3.63, 3.8) is 0 Å². The van der Waals surface area contributed by atoms with Gasteiger partial charge in [-0.25, -0.2) is 0 Å². The summed E-state index contributed by atoms with van der Waals surface area (Å²) in [5, 5.41) is 10.8. The van der Waals surface area contributed by atoms with E-state index in [1.54, 1.807) is 12.1 Å². The van der Waals surface area contributed by atoms with E-state index in [-0.39, 0.29) is 5.69 Å². The molecule has 0 radical (unpaired) electrons. The molecule has 0 aliphatic carbocycles. The lowest BCUT2D eigenvalue weighted by atomic mass is 10.1. The maximum atomic E-state index is 10.8. The minimum atomic E-state index is -0.425. The van der Waals surface area contributed by atoms with Gasteiger partial charge in [0, 0.05) is 6.07 Å². The minimum absolute atomic E-state index is 0.0211. The molecule has 0 bridgehead atoms.